The number of hydrogen-bond acceptors (Lipinski definition) is 5. The van der Waals surface area contributed by atoms with Crippen molar-refractivity contribution in [2.75, 3.05) is 5.32 Å². The van der Waals surface area contributed by atoms with E-state index >= 15 is 0 Å². The molecule has 0 atom stereocenters. The number of aromatic nitrogens is 3. The molecule has 1 amide bonds. The van der Waals surface area contributed by atoms with Gasteiger partial charge in [0.25, 0.3) is 0 Å². The first-order valence-corrected chi connectivity index (χ1v) is 8.24. The van der Waals surface area contributed by atoms with Crippen LogP contribution in [0.5, 0.6) is 0 Å². The van der Waals surface area contributed by atoms with Gasteiger partial charge in [-0.25, -0.2) is 9.48 Å². The van der Waals surface area contributed by atoms with Gasteiger partial charge in [0.2, 0.25) is 5.91 Å². The van der Waals surface area contributed by atoms with Crippen LogP contribution in [-0.4, -0.2) is 38.1 Å². The maximum absolute atomic E-state index is 12.0. The topological polar surface area (TPSA) is 106 Å². The first-order valence-electron chi connectivity index (χ1n) is 8.24. The van der Waals surface area contributed by atoms with Crippen molar-refractivity contribution in [2.24, 2.45) is 0 Å². The molecule has 1 aliphatic rings. The number of carboxylic acids is 1. The van der Waals surface area contributed by atoms with E-state index in [1.54, 1.807) is 0 Å². The predicted octanol–water partition coefficient (Wildman–Crippen LogP) is 2.07. The van der Waals surface area contributed by atoms with Crippen LogP contribution >= 0.6 is 0 Å². The molecule has 25 heavy (non-hydrogen) atoms. The van der Waals surface area contributed by atoms with Crippen LogP contribution in [0.25, 0.3) is 0 Å². The van der Waals surface area contributed by atoms with Crippen molar-refractivity contribution < 1.29 is 19.4 Å². The van der Waals surface area contributed by atoms with Crippen LogP contribution in [0.4, 0.5) is 5.69 Å². The Labute approximate surface area is 144 Å². The van der Waals surface area contributed by atoms with Crippen LogP contribution in [0.15, 0.2) is 30.5 Å². The molecule has 1 aromatic heterocycles. The molecule has 3 rings (SSSR count). The third kappa shape index (κ3) is 4.87. The average molecular weight is 344 g/mol. The largest absolute Gasteiger partial charge is 0.476 e. The molecule has 8 nitrogen and oxygen atoms in total. The van der Waals surface area contributed by atoms with E-state index in [-0.39, 0.29) is 18.1 Å². The SMILES string of the molecule is O=C(Cn1cc(C(=O)O)nn1)Nc1ccc(COC2CCCC2)cc1. The molecule has 0 spiro atoms. The van der Waals surface area contributed by atoms with E-state index in [1.807, 2.05) is 24.3 Å². The maximum Gasteiger partial charge on any atom is 0.358 e. The minimum absolute atomic E-state index is 0.104. The Morgan fingerprint density at radius 2 is 1.96 bits per heavy atom. The van der Waals surface area contributed by atoms with Gasteiger partial charge in [-0.15, -0.1) is 5.10 Å². The van der Waals surface area contributed by atoms with Crippen molar-refractivity contribution in [3.05, 3.63) is 41.7 Å². The van der Waals surface area contributed by atoms with Gasteiger partial charge in [-0.2, -0.15) is 0 Å². The molecule has 1 fully saturated rings. The van der Waals surface area contributed by atoms with Crippen molar-refractivity contribution in [1.29, 1.82) is 0 Å². The van der Waals surface area contributed by atoms with Crippen molar-refractivity contribution in [3.63, 3.8) is 0 Å². The molecule has 0 saturated heterocycles. The van der Waals surface area contributed by atoms with Crippen molar-refractivity contribution in [3.8, 4) is 0 Å². The summed E-state index contributed by atoms with van der Waals surface area (Å²) in [6.45, 7) is 0.475. The monoisotopic (exact) mass is 344 g/mol. The molecular formula is C17H20N4O4. The Hall–Kier alpha value is -2.74. The normalized spacial score (nSPS) is 14.6. The van der Waals surface area contributed by atoms with E-state index in [0.717, 1.165) is 18.4 Å². The number of benzene rings is 1. The summed E-state index contributed by atoms with van der Waals surface area (Å²) in [6, 6.07) is 7.47. The number of rotatable bonds is 7. The van der Waals surface area contributed by atoms with Gasteiger partial charge in [-0.3, -0.25) is 4.79 Å². The Kier molecular flexibility index (Phi) is 5.39. The highest BCUT2D eigenvalue weighted by molar-refractivity contribution is 5.90. The molecule has 132 valence electrons. The van der Waals surface area contributed by atoms with Gasteiger partial charge >= 0.3 is 5.97 Å². The molecule has 0 aliphatic heterocycles. The predicted molar refractivity (Wildman–Crippen MR) is 89.1 cm³/mol. The smallest absolute Gasteiger partial charge is 0.358 e. The summed E-state index contributed by atoms with van der Waals surface area (Å²) in [5.41, 5.74) is 1.53. The fraction of sp³-hybridized carbons (Fsp3) is 0.412. The number of aromatic carboxylic acids is 1. The lowest BCUT2D eigenvalue weighted by molar-refractivity contribution is -0.116. The van der Waals surface area contributed by atoms with Crippen LogP contribution in [-0.2, 0) is 22.7 Å². The van der Waals surface area contributed by atoms with Crippen molar-refractivity contribution >= 4 is 17.6 Å². The van der Waals surface area contributed by atoms with E-state index in [4.69, 9.17) is 9.84 Å². The highest BCUT2D eigenvalue weighted by Crippen LogP contribution is 2.22. The van der Waals surface area contributed by atoms with Gasteiger partial charge in [0.05, 0.1) is 18.9 Å². The van der Waals surface area contributed by atoms with E-state index in [2.05, 4.69) is 15.6 Å². The van der Waals surface area contributed by atoms with E-state index in [0.29, 0.717) is 18.4 Å². The molecule has 1 heterocycles. The molecular weight excluding hydrogens is 324 g/mol. The Morgan fingerprint density at radius 1 is 1.24 bits per heavy atom. The quantitative estimate of drug-likeness (QED) is 0.796. The number of carbonyl (C=O) groups is 2. The Morgan fingerprint density at radius 3 is 2.60 bits per heavy atom. The average Bonchev–Trinajstić information content (AvgIpc) is 3.26. The fourth-order valence-corrected chi connectivity index (χ4v) is 2.77. The number of ether oxygens (including phenoxy) is 1. The molecule has 1 aromatic carbocycles. The van der Waals surface area contributed by atoms with Gasteiger partial charge in [0.1, 0.15) is 6.54 Å². The van der Waals surface area contributed by atoms with E-state index in [1.165, 1.54) is 23.7 Å². The lowest BCUT2D eigenvalue weighted by Crippen LogP contribution is -2.19. The van der Waals surface area contributed by atoms with Crippen molar-refractivity contribution in [2.45, 2.75) is 44.9 Å². The van der Waals surface area contributed by atoms with Crippen LogP contribution in [0, 0.1) is 0 Å². The summed E-state index contributed by atoms with van der Waals surface area (Å²) in [7, 11) is 0. The number of anilines is 1. The summed E-state index contributed by atoms with van der Waals surface area (Å²) in [4.78, 5) is 22.7. The summed E-state index contributed by atoms with van der Waals surface area (Å²) in [5.74, 6) is -1.49. The molecule has 0 bridgehead atoms. The number of hydrogen-bond donors (Lipinski definition) is 2. The first kappa shape index (κ1) is 17.1. The standard InChI is InChI=1S/C17H20N4O4/c22-16(10-21-9-15(17(23)24)19-20-21)18-13-7-5-12(6-8-13)11-25-14-3-1-2-4-14/h5-9,14H,1-4,10-11H2,(H,18,22)(H,23,24). The summed E-state index contributed by atoms with van der Waals surface area (Å²) in [6.07, 6.45) is 6.36. The number of nitrogens with one attached hydrogen (secondary N) is 1. The summed E-state index contributed by atoms with van der Waals surface area (Å²) in [5, 5.41) is 18.6. The lowest BCUT2D eigenvalue weighted by atomic mass is 10.2. The van der Waals surface area contributed by atoms with E-state index in [9.17, 15) is 9.59 Å². The molecule has 2 N–H and O–H groups in total. The van der Waals surface area contributed by atoms with Gasteiger partial charge in [0.15, 0.2) is 5.69 Å². The molecule has 2 aromatic rings. The molecule has 0 unspecified atom stereocenters. The van der Waals surface area contributed by atoms with Crippen LogP contribution in [0.1, 0.15) is 41.7 Å². The summed E-state index contributed by atoms with van der Waals surface area (Å²) < 4.78 is 7.04. The fourth-order valence-electron chi connectivity index (χ4n) is 2.77. The Balaban J connectivity index is 1.48. The van der Waals surface area contributed by atoms with Gasteiger partial charge in [0, 0.05) is 5.69 Å². The molecule has 1 saturated carbocycles. The van der Waals surface area contributed by atoms with Crippen LogP contribution in [0.2, 0.25) is 0 Å². The highest BCUT2D eigenvalue weighted by atomic mass is 16.5. The third-order valence-corrected chi connectivity index (χ3v) is 4.09. The minimum atomic E-state index is -1.18. The second kappa shape index (κ2) is 7.89. The molecule has 0 radical (unpaired) electrons. The Bertz CT molecular complexity index is 735. The van der Waals surface area contributed by atoms with Crippen molar-refractivity contribution in [1.82, 2.24) is 15.0 Å². The molecule has 1 aliphatic carbocycles. The minimum Gasteiger partial charge on any atom is -0.476 e. The number of amides is 1. The number of carbonyl (C=O) groups excluding carboxylic acids is 1. The van der Waals surface area contributed by atoms with Crippen LogP contribution < -0.4 is 5.32 Å². The second-order valence-electron chi connectivity index (χ2n) is 6.07. The van der Waals surface area contributed by atoms with Crippen LogP contribution in [0.3, 0.4) is 0 Å². The number of nitrogens with zero attached hydrogens (tertiary/aromatic N) is 3. The van der Waals surface area contributed by atoms with Gasteiger partial charge in [-0.1, -0.05) is 30.2 Å². The van der Waals surface area contributed by atoms with Gasteiger partial charge < -0.3 is 15.2 Å². The summed E-state index contributed by atoms with van der Waals surface area (Å²) >= 11 is 0. The van der Waals surface area contributed by atoms with Gasteiger partial charge in [-0.05, 0) is 30.5 Å². The maximum atomic E-state index is 12.0. The zero-order chi connectivity index (χ0) is 17.6. The first-order chi connectivity index (χ1) is 12.1. The third-order valence-electron chi connectivity index (χ3n) is 4.09. The zero-order valence-electron chi connectivity index (χ0n) is 13.7. The number of carboxylic acid groups (broad SMARTS) is 1. The lowest BCUT2D eigenvalue weighted by Gasteiger charge is -2.11. The van der Waals surface area contributed by atoms with E-state index < -0.39 is 5.97 Å². The highest BCUT2D eigenvalue weighted by Gasteiger charge is 2.15. The zero-order valence-corrected chi connectivity index (χ0v) is 13.7. The second-order valence-corrected chi connectivity index (χ2v) is 6.07. The molecule has 8 heteroatoms.